The molecule has 1 aliphatic carbocycles. The Labute approximate surface area is 127 Å². The second-order valence-electron chi connectivity index (χ2n) is 6.12. The quantitative estimate of drug-likeness (QED) is 0.910. The van der Waals surface area contributed by atoms with Gasteiger partial charge in [0, 0.05) is 31.6 Å². The molecule has 120 valence electrons. The lowest BCUT2D eigenvalue weighted by Gasteiger charge is -2.34. The van der Waals surface area contributed by atoms with E-state index in [1.54, 1.807) is 11.0 Å². The Morgan fingerprint density at radius 3 is 2.73 bits per heavy atom. The zero-order valence-electron chi connectivity index (χ0n) is 12.4. The van der Waals surface area contributed by atoms with Crippen molar-refractivity contribution in [2.24, 2.45) is 5.92 Å². The first kappa shape index (κ1) is 15.3. The SMILES string of the molecule is C[C@@H]1CNCCN1C(=O)[C@@H]1C[C@H]1c1ccccc1C(F)(F)F. The third-order valence-electron chi connectivity index (χ3n) is 4.56. The molecule has 0 radical (unpaired) electrons. The van der Waals surface area contributed by atoms with Crippen LogP contribution in [0.25, 0.3) is 0 Å². The van der Waals surface area contributed by atoms with E-state index in [-0.39, 0.29) is 29.3 Å². The molecule has 0 spiro atoms. The first-order valence-corrected chi connectivity index (χ1v) is 7.57. The molecule has 0 bridgehead atoms. The summed E-state index contributed by atoms with van der Waals surface area (Å²) >= 11 is 0. The maximum absolute atomic E-state index is 13.1. The Kier molecular flexibility index (Phi) is 3.89. The topological polar surface area (TPSA) is 32.3 Å². The molecule has 1 aromatic rings. The zero-order valence-corrected chi connectivity index (χ0v) is 12.4. The van der Waals surface area contributed by atoms with Crippen LogP contribution in [-0.4, -0.2) is 36.5 Å². The number of carbonyl (C=O) groups is 1. The average Bonchev–Trinajstić information content (AvgIpc) is 3.26. The number of alkyl halides is 3. The Hall–Kier alpha value is -1.56. The van der Waals surface area contributed by atoms with Gasteiger partial charge < -0.3 is 10.2 Å². The van der Waals surface area contributed by atoms with Gasteiger partial charge >= 0.3 is 6.18 Å². The van der Waals surface area contributed by atoms with Crippen LogP contribution in [0.15, 0.2) is 24.3 Å². The largest absolute Gasteiger partial charge is 0.416 e. The van der Waals surface area contributed by atoms with Crippen molar-refractivity contribution in [2.45, 2.75) is 31.5 Å². The normalized spacial score (nSPS) is 28.5. The molecule has 1 saturated heterocycles. The molecule has 0 aromatic heterocycles. The van der Waals surface area contributed by atoms with E-state index in [1.165, 1.54) is 12.1 Å². The maximum atomic E-state index is 13.1. The number of nitrogens with zero attached hydrogens (tertiary/aromatic N) is 1. The molecule has 1 amide bonds. The van der Waals surface area contributed by atoms with Gasteiger partial charge in [-0.05, 0) is 30.9 Å². The number of amides is 1. The number of hydrogen-bond acceptors (Lipinski definition) is 2. The van der Waals surface area contributed by atoms with E-state index in [4.69, 9.17) is 0 Å². The third-order valence-corrected chi connectivity index (χ3v) is 4.56. The minimum Gasteiger partial charge on any atom is -0.337 e. The summed E-state index contributed by atoms with van der Waals surface area (Å²) < 4.78 is 39.2. The molecule has 1 aliphatic heterocycles. The van der Waals surface area contributed by atoms with E-state index in [0.29, 0.717) is 13.0 Å². The summed E-state index contributed by atoms with van der Waals surface area (Å²) in [5.74, 6) is -0.604. The van der Waals surface area contributed by atoms with Gasteiger partial charge in [0.2, 0.25) is 5.91 Å². The Morgan fingerprint density at radius 1 is 1.32 bits per heavy atom. The first-order chi connectivity index (χ1) is 10.4. The minimum absolute atomic E-state index is 0.00372. The predicted octanol–water partition coefficient (Wildman–Crippen LogP) is 2.63. The fraction of sp³-hybridized carbons (Fsp3) is 0.562. The molecule has 3 nitrogen and oxygen atoms in total. The Morgan fingerprint density at radius 2 is 2.05 bits per heavy atom. The van der Waals surface area contributed by atoms with Gasteiger partial charge in [0.15, 0.2) is 0 Å². The molecule has 1 saturated carbocycles. The number of carbonyl (C=O) groups excluding carboxylic acids is 1. The van der Waals surface area contributed by atoms with Crippen molar-refractivity contribution in [2.75, 3.05) is 19.6 Å². The third kappa shape index (κ3) is 2.84. The zero-order chi connectivity index (χ0) is 15.9. The standard InChI is InChI=1S/C16H19F3N2O/c1-10-9-20-6-7-21(10)15(22)13-8-12(13)11-4-2-3-5-14(11)16(17,18)19/h2-5,10,12-13,20H,6-9H2,1H3/t10-,12+,13-/m1/s1. The van der Waals surface area contributed by atoms with Crippen molar-refractivity contribution in [1.29, 1.82) is 0 Å². The van der Waals surface area contributed by atoms with Gasteiger partial charge in [-0.25, -0.2) is 0 Å². The molecule has 1 N–H and O–H groups in total. The Bertz CT molecular complexity index is 573. The van der Waals surface area contributed by atoms with Crippen LogP contribution in [0.5, 0.6) is 0 Å². The smallest absolute Gasteiger partial charge is 0.337 e. The highest BCUT2D eigenvalue weighted by Crippen LogP contribution is 2.51. The summed E-state index contributed by atoms with van der Waals surface area (Å²) in [6.07, 6.45) is -3.85. The molecule has 1 heterocycles. The van der Waals surface area contributed by atoms with Crippen LogP contribution in [0.4, 0.5) is 13.2 Å². The van der Waals surface area contributed by atoms with E-state index in [2.05, 4.69) is 5.32 Å². The van der Waals surface area contributed by atoms with Crippen LogP contribution < -0.4 is 5.32 Å². The van der Waals surface area contributed by atoms with Crippen molar-refractivity contribution in [1.82, 2.24) is 10.2 Å². The van der Waals surface area contributed by atoms with Crippen LogP contribution in [0.3, 0.4) is 0 Å². The van der Waals surface area contributed by atoms with Crippen molar-refractivity contribution >= 4 is 5.91 Å². The van der Waals surface area contributed by atoms with Gasteiger partial charge in [-0.2, -0.15) is 13.2 Å². The molecular weight excluding hydrogens is 293 g/mol. The Balaban J connectivity index is 1.76. The summed E-state index contributed by atoms with van der Waals surface area (Å²) in [4.78, 5) is 14.3. The number of rotatable bonds is 2. The summed E-state index contributed by atoms with van der Waals surface area (Å²) in [5.41, 5.74) is -0.347. The highest BCUT2D eigenvalue weighted by Gasteiger charge is 2.49. The summed E-state index contributed by atoms with van der Waals surface area (Å²) in [7, 11) is 0. The lowest BCUT2D eigenvalue weighted by atomic mass is 10.0. The van der Waals surface area contributed by atoms with E-state index >= 15 is 0 Å². The molecule has 3 atom stereocenters. The van der Waals surface area contributed by atoms with Crippen molar-refractivity contribution in [3.05, 3.63) is 35.4 Å². The molecule has 2 fully saturated rings. The van der Waals surface area contributed by atoms with Crippen LogP contribution in [0.2, 0.25) is 0 Å². The predicted molar refractivity (Wildman–Crippen MR) is 76.3 cm³/mol. The number of nitrogens with one attached hydrogen (secondary N) is 1. The lowest BCUT2D eigenvalue weighted by molar-refractivity contribution is -0.139. The molecule has 22 heavy (non-hydrogen) atoms. The van der Waals surface area contributed by atoms with Crippen molar-refractivity contribution < 1.29 is 18.0 Å². The summed E-state index contributed by atoms with van der Waals surface area (Å²) in [6, 6.07) is 5.70. The van der Waals surface area contributed by atoms with E-state index in [0.717, 1.165) is 19.2 Å². The molecule has 3 rings (SSSR count). The van der Waals surface area contributed by atoms with Gasteiger partial charge in [0.25, 0.3) is 0 Å². The number of hydrogen-bond donors (Lipinski definition) is 1. The van der Waals surface area contributed by atoms with Gasteiger partial charge in [-0.1, -0.05) is 18.2 Å². The highest BCUT2D eigenvalue weighted by molar-refractivity contribution is 5.83. The first-order valence-electron chi connectivity index (χ1n) is 7.57. The van der Waals surface area contributed by atoms with E-state index in [1.807, 2.05) is 6.92 Å². The van der Waals surface area contributed by atoms with Crippen LogP contribution in [0, 0.1) is 5.92 Å². The van der Waals surface area contributed by atoms with Crippen molar-refractivity contribution in [3.63, 3.8) is 0 Å². The van der Waals surface area contributed by atoms with E-state index < -0.39 is 11.7 Å². The molecule has 0 unspecified atom stereocenters. The van der Waals surface area contributed by atoms with Gasteiger partial charge in [0.05, 0.1) is 5.56 Å². The monoisotopic (exact) mass is 312 g/mol. The number of halogens is 3. The fourth-order valence-electron chi connectivity index (χ4n) is 3.27. The highest BCUT2D eigenvalue weighted by atomic mass is 19.4. The van der Waals surface area contributed by atoms with Crippen LogP contribution in [-0.2, 0) is 11.0 Å². The number of piperazine rings is 1. The lowest BCUT2D eigenvalue weighted by Crippen LogP contribution is -2.52. The second-order valence-corrected chi connectivity index (χ2v) is 6.12. The maximum Gasteiger partial charge on any atom is 0.416 e. The molecule has 6 heteroatoms. The summed E-state index contributed by atoms with van der Waals surface area (Å²) in [6.45, 7) is 4.07. The van der Waals surface area contributed by atoms with Crippen LogP contribution in [0.1, 0.15) is 30.4 Å². The average molecular weight is 312 g/mol. The van der Waals surface area contributed by atoms with Gasteiger partial charge in [-0.3, -0.25) is 4.79 Å². The molecule has 2 aliphatic rings. The van der Waals surface area contributed by atoms with E-state index in [9.17, 15) is 18.0 Å². The van der Waals surface area contributed by atoms with Crippen molar-refractivity contribution in [3.8, 4) is 0 Å². The second kappa shape index (κ2) is 5.57. The van der Waals surface area contributed by atoms with Gasteiger partial charge in [0.1, 0.15) is 0 Å². The van der Waals surface area contributed by atoms with Gasteiger partial charge in [-0.15, -0.1) is 0 Å². The minimum atomic E-state index is -4.37. The summed E-state index contributed by atoms with van der Waals surface area (Å²) in [5, 5.41) is 3.21. The number of benzene rings is 1. The molecular formula is C16H19F3N2O. The van der Waals surface area contributed by atoms with Crippen LogP contribution >= 0.6 is 0 Å². The molecule has 1 aromatic carbocycles. The fourth-order valence-corrected chi connectivity index (χ4v) is 3.27.